The molecule has 1 atom stereocenters. The van der Waals surface area contributed by atoms with Gasteiger partial charge in [0.25, 0.3) is 0 Å². The van der Waals surface area contributed by atoms with E-state index in [2.05, 4.69) is 14.9 Å². The Kier molecular flexibility index (Phi) is 4.70. The summed E-state index contributed by atoms with van der Waals surface area (Å²) in [6.45, 7) is 1.70. The van der Waals surface area contributed by atoms with E-state index in [1.54, 1.807) is 6.07 Å². The number of aromatic nitrogens is 2. The highest BCUT2D eigenvalue weighted by Gasteiger charge is 2.28. The topological polar surface area (TPSA) is 49.0 Å². The van der Waals surface area contributed by atoms with Gasteiger partial charge < -0.3 is 4.98 Å². The number of fused-ring (bicyclic) bond motifs is 1. The molecule has 140 valence electrons. The van der Waals surface area contributed by atoms with E-state index in [9.17, 15) is 18.0 Å². The van der Waals surface area contributed by atoms with Gasteiger partial charge in [-0.1, -0.05) is 0 Å². The zero-order chi connectivity index (χ0) is 19.0. The molecule has 27 heavy (non-hydrogen) atoms. The van der Waals surface area contributed by atoms with Gasteiger partial charge in [-0.2, -0.15) is 0 Å². The van der Waals surface area contributed by atoms with Crippen molar-refractivity contribution in [1.82, 2.24) is 14.9 Å². The number of piperidine rings is 1. The zero-order valence-electron chi connectivity index (χ0n) is 14.5. The Balaban J connectivity index is 1.48. The predicted molar refractivity (Wildman–Crippen MR) is 94.7 cm³/mol. The minimum absolute atomic E-state index is 0.193. The molecule has 2 aromatic carbocycles. The van der Waals surface area contributed by atoms with E-state index in [1.807, 2.05) is 0 Å². The molecule has 0 aliphatic carbocycles. The summed E-state index contributed by atoms with van der Waals surface area (Å²) in [6, 6.07) is 7.31. The van der Waals surface area contributed by atoms with Gasteiger partial charge in [-0.15, -0.1) is 0 Å². The Morgan fingerprint density at radius 3 is 2.78 bits per heavy atom. The van der Waals surface area contributed by atoms with Crippen LogP contribution in [0.5, 0.6) is 0 Å². The highest BCUT2D eigenvalue weighted by atomic mass is 19.1. The lowest BCUT2D eigenvalue weighted by molar-refractivity contribution is 0.0804. The molecule has 4 rings (SSSR count). The Hall–Kier alpha value is -2.67. The Morgan fingerprint density at radius 1 is 1.15 bits per heavy atom. The second-order valence-electron chi connectivity index (χ2n) is 6.91. The molecule has 7 heteroatoms. The average Bonchev–Trinajstić information content (AvgIpc) is 3.04. The normalized spacial score (nSPS) is 18.1. The van der Waals surface area contributed by atoms with Crippen LogP contribution in [-0.2, 0) is 6.54 Å². The zero-order valence-corrected chi connectivity index (χ0v) is 14.5. The van der Waals surface area contributed by atoms with Gasteiger partial charge in [0.05, 0.1) is 23.1 Å². The molecule has 0 radical (unpaired) electrons. The van der Waals surface area contributed by atoms with E-state index in [-0.39, 0.29) is 17.2 Å². The summed E-state index contributed by atoms with van der Waals surface area (Å²) in [6.07, 6.45) is 1.42. The number of hydrogen-bond acceptors (Lipinski definition) is 3. The van der Waals surface area contributed by atoms with Crippen LogP contribution in [0.3, 0.4) is 0 Å². The molecule has 0 amide bonds. The van der Waals surface area contributed by atoms with Gasteiger partial charge in [0.15, 0.2) is 5.78 Å². The van der Waals surface area contributed by atoms with Crippen molar-refractivity contribution < 1.29 is 18.0 Å². The molecular formula is C20H18F3N3O. The maximum atomic E-state index is 13.9. The fourth-order valence-electron chi connectivity index (χ4n) is 3.64. The first-order chi connectivity index (χ1) is 13.0. The number of aromatic amines is 1. The van der Waals surface area contributed by atoms with Crippen molar-refractivity contribution in [1.29, 1.82) is 0 Å². The molecule has 4 nitrogen and oxygen atoms in total. The maximum absolute atomic E-state index is 13.9. The molecule has 0 saturated carbocycles. The SMILES string of the molecule is O=C(c1cc(F)ccc1F)[C@@H]1CCCN(Cc2nc3ccc(F)cc3[nH]2)C1. The smallest absolute Gasteiger partial charge is 0.170 e. The standard InChI is InChI=1S/C20H18F3N3O/c21-13-3-5-16(23)15(8-13)20(27)12-2-1-7-26(10-12)11-19-24-17-6-4-14(22)9-18(17)25-19/h3-6,8-9,12H,1-2,7,10-11H2,(H,24,25)/t12-/m1/s1. The van der Waals surface area contributed by atoms with Crippen molar-refractivity contribution in [2.24, 2.45) is 5.92 Å². The van der Waals surface area contributed by atoms with Gasteiger partial charge in [0, 0.05) is 12.5 Å². The Morgan fingerprint density at radius 2 is 1.93 bits per heavy atom. The van der Waals surface area contributed by atoms with E-state index in [4.69, 9.17) is 0 Å². The number of carbonyl (C=O) groups is 1. The van der Waals surface area contributed by atoms with Crippen LogP contribution in [0, 0.1) is 23.4 Å². The maximum Gasteiger partial charge on any atom is 0.170 e. The average molecular weight is 373 g/mol. The number of ketones is 1. The highest BCUT2D eigenvalue weighted by molar-refractivity contribution is 5.98. The van der Waals surface area contributed by atoms with Gasteiger partial charge in [-0.05, 0) is 55.8 Å². The molecule has 1 aliphatic rings. The van der Waals surface area contributed by atoms with Gasteiger partial charge >= 0.3 is 0 Å². The number of likely N-dealkylation sites (tertiary alicyclic amines) is 1. The molecule has 2 heterocycles. The summed E-state index contributed by atoms with van der Waals surface area (Å²) >= 11 is 0. The molecular weight excluding hydrogens is 355 g/mol. The summed E-state index contributed by atoms with van der Waals surface area (Å²) < 4.78 is 40.6. The monoisotopic (exact) mass is 373 g/mol. The number of Topliss-reactive ketones (excluding diaryl/α,β-unsaturated/α-hetero) is 1. The third kappa shape index (κ3) is 3.73. The second-order valence-corrected chi connectivity index (χ2v) is 6.91. The van der Waals surface area contributed by atoms with Crippen molar-refractivity contribution in [2.75, 3.05) is 13.1 Å². The van der Waals surface area contributed by atoms with Crippen LogP contribution in [-0.4, -0.2) is 33.7 Å². The third-order valence-corrected chi connectivity index (χ3v) is 4.94. The van der Waals surface area contributed by atoms with Crippen molar-refractivity contribution in [3.05, 3.63) is 65.2 Å². The minimum Gasteiger partial charge on any atom is -0.341 e. The van der Waals surface area contributed by atoms with Gasteiger partial charge in [0.2, 0.25) is 0 Å². The first kappa shape index (κ1) is 17.7. The van der Waals surface area contributed by atoms with Crippen molar-refractivity contribution in [2.45, 2.75) is 19.4 Å². The summed E-state index contributed by atoms with van der Waals surface area (Å²) in [4.78, 5) is 22.2. The van der Waals surface area contributed by atoms with Crippen LogP contribution in [0.2, 0.25) is 0 Å². The van der Waals surface area contributed by atoms with E-state index in [0.717, 1.165) is 31.2 Å². The van der Waals surface area contributed by atoms with Gasteiger partial charge in [0.1, 0.15) is 23.3 Å². The Labute approximate surface area is 154 Å². The van der Waals surface area contributed by atoms with Crippen molar-refractivity contribution in [3.63, 3.8) is 0 Å². The number of hydrogen-bond donors (Lipinski definition) is 1. The number of benzene rings is 2. The fraction of sp³-hybridized carbons (Fsp3) is 0.300. The number of nitrogens with one attached hydrogen (secondary N) is 1. The molecule has 0 spiro atoms. The third-order valence-electron chi connectivity index (χ3n) is 4.94. The molecule has 1 saturated heterocycles. The first-order valence-corrected chi connectivity index (χ1v) is 8.85. The molecule has 1 N–H and O–H groups in total. The number of carbonyl (C=O) groups excluding carboxylic acids is 1. The predicted octanol–water partition coefficient (Wildman–Crippen LogP) is 4.08. The lowest BCUT2D eigenvalue weighted by atomic mass is 9.89. The first-order valence-electron chi connectivity index (χ1n) is 8.85. The highest BCUT2D eigenvalue weighted by Crippen LogP contribution is 2.24. The lowest BCUT2D eigenvalue weighted by Gasteiger charge is -2.31. The molecule has 1 aromatic heterocycles. The van der Waals surface area contributed by atoms with Crippen molar-refractivity contribution >= 4 is 16.8 Å². The lowest BCUT2D eigenvalue weighted by Crippen LogP contribution is -2.38. The molecule has 1 fully saturated rings. The van der Waals surface area contributed by atoms with Crippen molar-refractivity contribution in [3.8, 4) is 0 Å². The summed E-state index contributed by atoms with van der Waals surface area (Å²) in [7, 11) is 0. The number of imidazole rings is 1. The summed E-state index contributed by atoms with van der Waals surface area (Å²) in [5, 5.41) is 0. The van der Waals surface area contributed by atoms with E-state index in [0.29, 0.717) is 36.4 Å². The van der Waals surface area contributed by atoms with E-state index in [1.165, 1.54) is 12.1 Å². The number of halogens is 3. The molecule has 0 bridgehead atoms. The Bertz CT molecular complexity index is 1000. The largest absolute Gasteiger partial charge is 0.341 e. The summed E-state index contributed by atoms with van der Waals surface area (Å²) in [5.41, 5.74) is 1.11. The van der Waals surface area contributed by atoms with Crippen LogP contribution in [0.15, 0.2) is 36.4 Å². The fourth-order valence-corrected chi connectivity index (χ4v) is 3.64. The second kappa shape index (κ2) is 7.15. The van der Waals surface area contributed by atoms with Gasteiger partial charge in [-0.25, -0.2) is 18.2 Å². The summed E-state index contributed by atoms with van der Waals surface area (Å²) in [5.74, 6) is -1.74. The quantitative estimate of drug-likeness (QED) is 0.701. The van der Waals surface area contributed by atoms with Crippen LogP contribution in [0.1, 0.15) is 29.0 Å². The van der Waals surface area contributed by atoms with E-state index >= 15 is 0 Å². The molecule has 1 aliphatic heterocycles. The van der Waals surface area contributed by atoms with Crippen LogP contribution in [0.4, 0.5) is 13.2 Å². The number of nitrogens with zero attached hydrogens (tertiary/aromatic N) is 2. The molecule has 0 unspecified atom stereocenters. The van der Waals surface area contributed by atoms with Gasteiger partial charge in [-0.3, -0.25) is 9.69 Å². The van der Waals surface area contributed by atoms with E-state index < -0.39 is 17.6 Å². The minimum atomic E-state index is -0.696. The number of H-pyrrole nitrogens is 1. The van der Waals surface area contributed by atoms with Crippen LogP contribution in [0.25, 0.3) is 11.0 Å². The van der Waals surface area contributed by atoms with Crippen LogP contribution < -0.4 is 0 Å². The molecule has 3 aromatic rings. The number of rotatable bonds is 4. The van der Waals surface area contributed by atoms with Crippen LogP contribution >= 0.6 is 0 Å².